The molecule has 1 aromatic heterocycles. The number of sulfonamides is 1. The van der Waals surface area contributed by atoms with Gasteiger partial charge in [-0.3, -0.25) is 19.1 Å². The molecule has 0 radical (unpaired) electrons. The van der Waals surface area contributed by atoms with Crippen LogP contribution < -0.4 is 15.4 Å². The first-order valence-corrected chi connectivity index (χ1v) is 18.9. The Morgan fingerprint density at radius 3 is 2.54 bits per heavy atom. The van der Waals surface area contributed by atoms with Crippen LogP contribution in [0.4, 0.5) is 4.79 Å². The van der Waals surface area contributed by atoms with Gasteiger partial charge >= 0.3 is 12.1 Å². The minimum atomic E-state index is -3.90. The monoisotopic (exact) mass is 711 g/mol. The van der Waals surface area contributed by atoms with Gasteiger partial charge in [-0.05, 0) is 56.6 Å². The van der Waals surface area contributed by atoms with Crippen LogP contribution in [0.25, 0.3) is 10.9 Å². The van der Waals surface area contributed by atoms with Crippen LogP contribution in [0.2, 0.25) is 0 Å². The molecule has 15 heteroatoms. The Bertz CT molecular complexity index is 1800. The molecule has 270 valence electrons. The van der Waals surface area contributed by atoms with E-state index in [1.807, 2.05) is 28.8 Å². The van der Waals surface area contributed by atoms with Crippen LogP contribution in [0.5, 0.6) is 0 Å². The van der Waals surface area contributed by atoms with E-state index in [1.54, 1.807) is 19.9 Å². The fourth-order valence-electron chi connectivity index (χ4n) is 6.98. The molecule has 1 saturated heterocycles. The second-order valence-corrected chi connectivity index (χ2v) is 16.1. The van der Waals surface area contributed by atoms with Gasteiger partial charge in [-0.2, -0.15) is 0 Å². The van der Waals surface area contributed by atoms with Crippen molar-refractivity contribution in [2.45, 2.75) is 101 Å². The van der Waals surface area contributed by atoms with Crippen molar-refractivity contribution in [3.8, 4) is 0 Å². The number of aromatic nitrogens is 1. The van der Waals surface area contributed by atoms with Crippen LogP contribution in [0, 0.1) is 11.8 Å². The third-order valence-electron chi connectivity index (χ3n) is 10.1. The number of para-hydroxylation sites is 1. The molecule has 4 amide bonds. The lowest BCUT2D eigenvalue weighted by Gasteiger charge is -2.31. The number of aryl methyl sites for hydroxylation is 1. The summed E-state index contributed by atoms with van der Waals surface area (Å²) in [5.41, 5.74) is -0.340. The lowest BCUT2D eigenvalue weighted by molar-refractivity contribution is -0.141. The van der Waals surface area contributed by atoms with Gasteiger partial charge in [0.1, 0.15) is 29.4 Å². The van der Waals surface area contributed by atoms with Crippen molar-refractivity contribution >= 4 is 50.7 Å². The van der Waals surface area contributed by atoms with E-state index >= 15 is 0 Å². The Labute approximate surface area is 291 Å². The zero-order chi connectivity index (χ0) is 35.8. The summed E-state index contributed by atoms with van der Waals surface area (Å²) in [6.45, 7) is 7.80. The van der Waals surface area contributed by atoms with Gasteiger partial charge in [0.2, 0.25) is 21.8 Å². The smallest absolute Gasteiger partial charge is 0.407 e. The number of rotatable bonds is 7. The highest BCUT2D eigenvalue weighted by Crippen LogP contribution is 2.45. The molecule has 2 bridgehead atoms. The largest absolute Gasteiger partial charge is 0.456 e. The Balaban J connectivity index is 1.29. The fraction of sp³-hybridized carbons (Fsp3) is 0.571. The minimum Gasteiger partial charge on any atom is -0.456 e. The first-order valence-electron chi connectivity index (χ1n) is 17.4. The first kappa shape index (κ1) is 35.4. The maximum atomic E-state index is 14.2. The number of hydrogen-bond donors (Lipinski definition) is 3. The highest BCUT2D eigenvalue weighted by molar-refractivity contribution is 7.91. The van der Waals surface area contributed by atoms with E-state index < -0.39 is 80.6 Å². The summed E-state index contributed by atoms with van der Waals surface area (Å²) in [5, 5.41) is 5.60. The van der Waals surface area contributed by atoms with Crippen LogP contribution in [0.3, 0.4) is 0 Å². The Morgan fingerprint density at radius 2 is 1.84 bits per heavy atom. The number of fused-ring (bicyclic) bond motifs is 5. The number of esters is 1. The summed E-state index contributed by atoms with van der Waals surface area (Å²) in [6, 6.07) is 7.13. The van der Waals surface area contributed by atoms with Gasteiger partial charge in [-0.15, -0.1) is 6.58 Å². The number of carbonyl (C=O) groups excluding carboxylic acids is 5. The predicted molar refractivity (Wildman–Crippen MR) is 182 cm³/mol. The maximum absolute atomic E-state index is 14.2. The maximum Gasteiger partial charge on any atom is 0.407 e. The highest BCUT2D eigenvalue weighted by atomic mass is 32.2. The lowest BCUT2D eigenvalue weighted by Crippen LogP contribution is -2.59. The third-order valence-corrected chi connectivity index (χ3v) is 11.9. The van der Waals surface area contributed by atoms with Crippen LogP contribution in [0.15, 0.2) is 43.0 Å². The number of nitrogens with zero attached hydrogens (tertiary/aromatic N) is 2. The zero-order valence-electron chi connectivity index (χ0n) is 28.4. The van der Waals surface area contributed by atoms with Gasteiger partial charge in [0, 0.05) is 29.8 Å². The number of ether oxygens (including phenoxy) is 2. The van der Waals surface area contributed by atoms with E-state index in [0.717, 1.165) is 30.2 Å². The number of nitrogens with one attached hydrogen (secondary N) is 3. The molecule has 6 rings (SSSR count). The summed E-state index contributed by atoms with van der Waals surface area (Å²) in [7, 11) is -3.90. The second kappa shape index (κ2) is 14.1. The molecule has 2 aliphatic carbocycles. The van der Waals surface area contributed by atoms with Crippen LogP contribution >= 0.6 is 0 Å². The topological polar surface area (TPSA) is 182 Å². The van der Waals surface area contributed by atoms with E-state index in [4.69, 9.17) is 9.47 Å². The summed E-state index contributed by atoms with van der Waals surface area (Å²) in [4.78, 5) is 69.5. The molecule has 50 heavy (non-hydrogen) atoms. The predicted octanol–water partition coefficient (Wildman–Crippen LogP) is 2.76. The van der Waals surface area contributed by atoms with Crippen molar-refractivity contribution in [3.05, 3.63) is 48.7 Å². The van der Waals surface area contributed by atoms with Gasteiger partial charge in [0.05, 0.1) is 18.4 Å². The molecule has 3 fully saturated rings. The Hall–Kier alpha value is -4.40. The highest BCUT2D eigenvalue weighted by Gasteiger charge is 2.62. The second-order valence-electron chi connectivity index (χ2n) is 14.1. The number of amides is 4. The Morgan fingerprint density at radius 1 is 1.10 bits per heavy atom. The zero-order valence-corrected chi connectivity index (χ0v) is 29.2. The van der Waals surface area contributed by atoms with Crippen LogP contribution in [-0.2, 0) is 40.4 Å². The van der Waals surface area contributed by atoms with Gasteiger partial charge in [-0.25, -0.2) is 18.0 Å². The average molecular weight is 712 g/mol. The normalized spacial score (nSPS) is 28.1. The molecule has 0 unspecified atom stereocenters. The van der Waals surface area contributed by atoms with Crippen molar-refractivity contribution in [2.24, 2.45) is 11.8 Å². The molecule has 2 saturated carbocycles. The molecule has 0 spiro atoms. The molecule has 3 heterocycles. The summed E-state index contributed by atoms with van der Waals surface area (Å²) in [6.07, 6.45) is 3.78. The van der Waals surface area contributed by atoms with Gasteiger partial charge < -0.3 is 29.6 Å². The van der Waals surface area contributed by atoms with E-state index in [-0.39, 0.29) is 26.0 Å². The number of cyclic esters (lactones) is 1. The van der Waals surface area contributed by atoms with Crippen LogP contribution in [-0.4, -0.2) is 89.8 Å². The summed E-state index contributed by atoms with van der Waals surface area (Å²) >= 11 is 0. The van der Waals surface area contributed by atoms with E-state index in [1.165, 1.54) is 11.0 Å². The molecule has 2 aromatic rings. The molecule has 2 aliphatic heterocycles. The van der Waals surface area contributed by atoms with E-state index in [2.05, 4.69) is 21.9 Å². The van der Waals surface area contributed by atoms with Crippen molar-refractivity contribution in [1.82, 2.24) is 24.8 Å². The van der Waals surface area contributed by atoms with E-state index in [9.17, 15) is 32.4 Å². The number of carbonyl (C=O) groups is 5. The average Bonchev–Trinajstić information content (AvgIpc) is 3.98. The molecular formula is C35H45N5O9S. The summed E-state index contributed by atoms with van der Waals surface area (Å²) < 4.78 is 40.7. The molecule has 3 N–H and O–H groups in total. The molecular weight excluding hydrogens is 666 g/mol. The minimum absolute atomic E-state index is 0.0877. The van der Waals surface area contributed by atoms with Gasteiger partial charge in [-0.1, -0.05) is 44.5 Å². The van der Waals surface area contributed by atoms with Crippen molar-refractivity contribution in [2.75, 3.05) is 13.2 Å². The lowest BCUT2D eigenvalue weighted by atomic mass is 10.0. The third kappa shape index (κ3) is 7.23. The number of alkyl carbamates (subject to hydrolysis) is 1. The molecule has 1 aromatic carbocycles. The van der Waals surface area contributed by atoms with Gasteiger partial charge in [0.15, 0.2) is 0 Å². The quantitative estimate of drug-likeness (QED) is 0.287. The fourth-order valence-corrected chi connectivity index (χ4v) is 8.34. The van der Waals surface area contributed by atoms with Crippen molar-refractivity contribution in [1.29, 1.82) is 0 Å². The van der Waals surface area contributed by atoms with Crippen LogP contribution in [0.1, 0.15) is 75.7 Å². The summed E-state index contributed by atoms with van der Waals surface area (Å²) in [5.74, 6) is -3.71. The molecule has 14 nitrogen and oxygen atoms in total. The molecule has 5 atom stereocenters. The van der Waals surface area contributed by atoms with Gasteiger partial charge in [0.25, 0.3) is 5.91 Å². The Kier molecular flexibility index (Phi) is 9.98. The van der Waals surface area contributed by atoms with Crippen molar-refractivity contribution in [3.63, 3.8) is 0 Å². The standard InChI is InChI=1S/C35H45N5O9S/c1-4-23-19-35(23,33(44)38-50(46,47)25-13-14-25)37-30(41)27-18-24-20-40(27)31(42)29(21(2)3)36-34(45)48-16-10-6-5-9-15-39-26-12-8-7-11-22(26)17-28(39)32(43)49-24/h4,7-8,11-12,17,21,23-25,27,29H,1,5-6,9-10,13-16,18-20H2,2-3H3,(H,36,45)(H,37,41)(H,38,44)/t23-,24-,27+,29+,35-/m1/s1. The molecule has 4 aliphatic rings. The SMILES string of the molecule is C=C[C@@H]1C[C@]1(NC(=O)[C@@H]1C[C@@H]2CN1C(=O)[C@H](C(C)C)NC(=O)OCCCCCCn1c(cc3ccccc31)C(=O)O2)C(=O)NS(=O)(=O)C1CC1. The van der Waals surface area contributed by atoms with E-state index in [0.29, 0.717) is 31.5 Å². The number of benzene rings is 1. The number of hydrogen-bond acceptors (Lipinski definition) is 9. The first-order chi connectivity index (χ1) is 23.8. The van der Waals surface area contributed by atoms with Crippen molar-refractivity contribution < 1.29 is 41.9 Å².